The van der Waals surface area contributed by atoms with E-state index in [9.17, 15) is 13.2 Å². The van der Waals surface area contributed by atoms with E-state index in [1.165, 1.54) is 17.0 Å². The number of sulfonamides is 1. The number of carbonyl (C=O) groups excluding carboxylic acids is 1. The van der Waals surface area contributed by atoms with Crippen LogP contribution in [0.25, 0.3) is 0 Å². The normalized spacial score (nSPS) is 18.5. The lowest BCUT2D eigenvalue weighted by molar-refractivity contribution is -0.121. The van der Waals surface area contributed by atoms with Crippen molar-refractivity contribution in [1.82, 2.24) is 14.5 Å². The summed E-state index contributed by atoms with van der Waals surface area (Å²) in [7, 11) is -2.28. The van der Waals surface area contributed by atoms with Crippen molar-refractivity contribution in [3.8, 4) is 5.75 Å². The van der Waals surface area contributed by atoms with Gasteiger partial charge in [-0.15, -0.1) is 0 Å². The van der Waals surface area contributed by atoms with Crippen LogP contribution in [0.2, 0.25) is 0 Å². The van der Waals surface area contributed by atoms with Gasteiger partial charge in [-0.05, 0) is 36.1 Å². The minimum Gasteiger partial charge on any atom is -0.495 e. The van der Waals surface area contributed by atoms with Gasteiger partial charge in [0.25, 0.3) is 0 Å². The van der Waals surface area contributed by atoms with E-state index in [-0.39, 0.29) is 29.0 Å². The molecule has 0 atom stereocenters. The summed E-state index contributed by atoms with van der Waals surface area (Å²) in [6, 6.07) is 15.5. The Balaban J connectivity index is 1.34. The summed E-state index contributed by atoms with van der Waals surface area (Å²) in [5, 5.41) is 3.13. The number of methoxy groups -OCH3 is 1. The second-order valence-corrected chi connectivity index (χ2v) is 10.7. The molecule has 0 aliphatic carbocycles. The predicted molar refractivity (Wildman–Crippen MR) is 129 cm³/mol. The van der Waals surface area contributed by atoms with Gasteiger partial charge in [0.15, 0.2) is 0 Å². The number of ether oxygens (including phenoxy) is 2. The molecule has 2 saturated heterocycles. The van der Waals surface area contributed by atoms with Crippen LogP contribution in [0.3, 0.4) is 0 Å². The molecule has 8 nitrogen and oxygen atoms in total. The van der Waals surface area contributed by atoms with Crippen LogP contribution in [-0.2, 0) is 32.5 Å². The van der Waals surface area contributed by atoms with Crippen LogP contribution in [0, 0.1) is 0 Å². The lowest BCUT2D eigenvalue weighted by Gasteiger charge is -2.32. The largest absolute Gasteiger partial charge is 0.495 e. The number of amides is 1. The standard InChI is InChI=1S/C25H33N3O5S/c1-32-23-8-7-21(17-24(23)34(30,31)28-13-15-33-16-14-28)18-25(29)26-22-9-11-27(12-10-22)19-20-5-3-2-4-6-20/h2-8,17,22H,9-16,18-19H2,1H3,(H,26,29). The molecule has 1 amide bonds. The Morgan fingerprint density at radius 1 is 1.03 bits per heavy atom. The number of hydrogen-bond donors (Lipinski definition) is 1. The molecule has 0 radical (unpaired) electrons. The third-order valence-corrected chi connectivity index (χ3v) is 8.30. The number of carbonyl (C=O) groups is 1. The third kappa shape index (κ3) is 6.15. The van der Waals surface area contributed by atoms with Crippen molar-refractivity contribution in [2.24, 2.45) is 0 Å². The summed E-state index contributed by atoms with van der Waals surface area (Å²) in [4.78, 5) is 15.2. The molecule has 0 unspecified atom stereocenters. The third-order valence-electron chi connectivity index (χ3n) is 6.38. The van der Waals surface area contributed by atoms with Crippen molar-refractivity contribution in [3.63, 3.8) is 0 Å². The summed E-state index contributed by atoms with van der Waals surface area (Å²) in [6.45, 7) is 4.14. The van der Waals surface area contributed by atoms with Crippen LogP contribution < -0.4 is 10.1 Å². The Morgan fingerprint density at radius 2 is 1.74 bits per heavy atom. The predicted octanol–water partition coefficient (Wildman–Crippen LogP) is 2.04. The van der Waals surface area contributed by atoms with Crippen molar-refractivity contribution in [1.29, 1.82) is 0 Å². The van der Waals surface area contributed by atoms with Gasteiger partial charge in [0.05, 0.1) is 26.7 Å². The highest BCUT2D eigenvalue weighted by molar-refractivity contribution is 7.89. The van der Waals surface area contributed by atoms with Crippen molar-refractivity contribution in [2.45, 2.75) is 36.7 Å². The highest BCUT2D eigenvalue weighted by Gasteiger charge is 2.30. The minimum atomic E-state index is -3.73. The van der Waals surface area contributed by atoms with Crippen molar-refractivity contribution in [2.75, 3.05) is 46.5 Å². The molecule has 0 saturated carbocycles. The zero-order chi connectivity index (χ0) is 24.0. The van der Waals surface area contributed by atoms with Crippen molar-refractivity contribution < 1.29 is 22.7 Å². The van der Waals surface area contributed by atoms with E-state index in [0.717, 1.165) is 32.5 Å². The van der Waals surface area contributed by atoms with Gasteiger partial charge >= 0.3 is 0 Å². The van der Waals surface area contributed by atoms with E-state index in [1.54, 1.807) is 18.2 Å². The molecule has 0 spiro atoms. The average molecular weight is 488 g/mol. The molecule has 4 rings (SSSR count). The first kappa shape index (κ1) is 24.7. The number of hydrogen-bond acceptors (Lipinski definition) is 6. The van der Waals surface area contributed by atoms with Crippen molar-refractivity contribution >= 4 is 15.9 Å². The Hall–Kier alpha value is -2.46. The molecule has 2 fully saturated rings. The summed E-state index contributed by atoms with van der Waals surface area (Å²) < 4.78 is 38.3. The van der Waals surface area contributed by atoms with E-state index >= 15 is 0 Å². The molecule has 2 heterocycles. The highest BCUT2D eigenvalue weighted by atomic mass is 32.2. The zero-order valence-corrected chi connectivity index (χ0v) is 20.4. The average Bonchev–Trinajstić information content (AvgIpc) is 2.86. The van der Waals surface area contributed by atoms with Crippen LogP contribution in [-0.4, -0.2) is 76.1 Å². The Kier molecular flexibility index (Phi) is 8.20. The van der Waals surface area contributed by atoms with E-state index in [4.69, 9.17) is 9.47 Å². The SMILES string of the molecule is COc1ccc(CC(=O)NC2CCN(Cc3ccccc3)CC2)cc1S(=O)(=O)N1CCOCC1. The summed E-state index contributed by atoms with van der Waals surface area (Å²) in [5.41, 5.74) is 1.94. The second-order valence-electron chi connectivity index (χ2n) is 8.78. The Labute approximate surface area is 201 Å². The molecule has 0 aromatic heterocycles. The minimum absolute atomic E-state index is 0.0939. The number of nitrogens with one attached hydrogen (secondary N) is 1. The molecule has 184 valence electrons. The number of rotatable bonds is 8. The Morgan fingerprint density at radius 3 is 2.41 bits per heavy atom. The molecule has 2 aliphatic heterocycles. The van der Waals surface area contributed by atoms with E-state index in [1.807, 2.05) is 6.07 Å². The van der Waals surface area contributed by atoms with Crippen LogP contribution in [0.15, 0.2) is 53.4 Å². The fraction of sp³-hybridized carbons (Fsp3) is 0.480. The van der Waals surface area contributed by atoms with Gasteiger partial charge in [-0.2, -0.15) is 4.31 Å². The van der Waals surface area contributed by atoms with Gasteiger partial charge in [-0.1, -0.05) is 36.4 Å². The maximum atomic E-state index is 13.2. The first-order valence-corrected chi connectivity index (χ1v) is 13.2. The molecular weight excluding hydrogens is 454 g/mol. The first-order chi connectivity index (χ1) is 16.5. The van der Waals surface area contributed by atoms with Gasteiger partial charge in [-0.25, -0.2) is 8.42 Å². The fourth-order valence-electron chi connectivity index (χ4n) is 4.50. The van der Waals surface area contributed by atoms with Crippen molar-refractivity contribution in [3.05, 3.63) is 59.7 Å². The zero-order valence-electron chi connectivity index (χ0n) is 19.6. The van der Waals surface area contributed by atoms with E-state index in [2.05, 4.69) is 34.5 Å². The van der Waals surface area contributed by atoms with Crippen LogP contribution in [0.5, 0.6) is 5.75 Å². The molecule has 2 aliphatic rings. The molecule has 34 heavy (non-hydrogen) atoms. The summed E-state index contributed by atoms with van der Waals surface area (Å²) in [6.07, 6.45) is 1.93. The second kappa shape index (κ2) is 11.3. The fourth-order valence-corrected chi connectivity index (χ4v) is 6.11. The van der Waals surface area contributed by atoms with E-state index < -0.39 is 10.0 Å². The number of benzene rings is 2. The first-order valence-electron chi connectivity index (χ1n) is 11.8. The summed E-state index contributed by atoms with van der Waals surface area (Å²) in [5.74, 6) is 0.183. The summed E-state index contributed by atoms with van der Waals surface area (Å²) >= 11 is 0. The smallest absolute Gasteiger partial charge is 0.246 e. The molecule has 1 N–H and O–H groups in total. The lowest BCUT2D eigenvalue weighted by Crippen LogP contribution is -2.44. The topological polar surface area (TPSA) is 88.2 Å². The maximum Gasteiger partial charge on any atom is 0.246 e. The maximum absolute atomic E-state index is 13.2. The molecule has 0 bridgehead atoms. The molecule has 2 aromatic carbocycles. The molecular formula is C25H33N3O5S. The Bertz CT molecular complexity index is 1060. The lowest BCUT2D eigenvalue weighted by atomic mass is 10.0. The van der Waals surface area contributed by atoms with E-state index in [0.29, 0.717) is 31.9 Å². The van der Waals surface area contributed by atoms with Crippen LogP contribution in [0.1, 0.15) is 24.0 Å². The monoisotopic (exact) mass is 487 g/mol. The molecule has 9 heteroatoms. The van der Waals surface area contributed by atoms with Crippen LogP contribution in [0.4, 0.5) is 0 Å². The number of morpholine rings is 1. The van der Waals surface area contributed by atoms with Gasteiger partial charge < -0.3 is 14.8 Å². The van der Waals surface area contributed by atoms with Gasteiger partial charge in [-0.3, -0.25) is 9.69 Å². The quantitative estimate of drug-likeness (QED) is 0.613. The number of nitrogens with zero attached hydrogens (tertiary/aromatic N) is 2. The van der Waals surface area contributed by atoms with Gasteiger partial charge in [0.1, 0.15) is 10.6 Å². The molecule has 2 aromatic rings. The highest BCUT2D eigenvalue weighted by Crippen LogP contribution is 2.28. The number of likely N-dealkylation sites (tertiary alicyclic amines) is 1. The van der Waals surface area contributed by atoms with Gasteiger partial charge in [0.2, 0.25) is 15.9 Å². The van der Waals surface area contributed by atoms with Gasteiger partial charge in [0, 0.05) is 38.8 Å². The van der Waals surface area contributed by atoms with Crippen LogP contribution >= 0.6 is 0 Å². The number of piperidine rings is 1.